The van der Waals surface area contributed by atoms with Crippen molar-refractivity contribution >= 4 is 0 Å². The number of nitriles is 1. The molecule has 5 atom stereocenters. The predicted molar refractivity (Wildman–Crippen MR) is 54.2 cm³/mol. The summed E-state index contributed by atoms with van der Waals surface area (Å²) in [5, 5.41) is 46.1. The average molecular weight is 245 g/mol. The maximum absolute atomic E-state index is 9.58. The quantitative estimate of drug-likeness (QED) is 0.342. The molecular weight excluding hydrogens is 230 g/mol. The van der Waals surface area contributed by atoms with Gasteiger partial charge in [-0.25, -0.2) is 0 Å². The van der Waals surface area contributed by atoms with Crippen LogP contribution in [0.4, 0.5) is 0 Å². The van der Waals surface area contributed by atoms with E-state index in [2.05, 4.69) is 0 Å². The standard InChI is InChI=1S/C10H15NO6/c1-2-5(3-11)16-10-9(15)8(14)7(13)6(4-12)17-10/h2,6-10,12-15H,4H2,1H3/b5-2-/t6-,7-,8+,9-,10-/m1/s1. The van der Waals surface area contributed by atoms with Crippen molar-refractivity contribution in [3.8, 4) is 6.07 Å². The van der Waals surface area contributed by atoms with Crippen molar-refractivity contribution in [1.82, 2.24) is 0 Å². The van der Waals surface area contributed by atoms with Gasteiger partial charge in [-0.05, 0) is 13.0 Å². The van der Waals surface area contributed by atoms with Gasteiger partial charge >= 0.3 is 0 Å². The second-order valence-electron chi connectivity index (χ2n) is 3.58. The number of ether oxygens (including phenoxy) is 2. The summed E-state index contributed by atoms with van der Waals surface area (Å²) >= 11 is 0. The molecule has 7 heteroatoms. The molecule has 0 aromatic carbocycles. The van der Waals surface area contributed by atoms with Crippen LogP contribution in [0, 0.1) is 11.3 Å². The van der Waals surface area contributed by atoms with E-state index in [1.54, 1.807) is 13.0 Å². The van der Waals surface area contributed by atoms with E-state index in [9.17, 15) is 15.3 Å². The zero-order valence-electron chi connectivity index (χ0n) is 9.22. The van der Waals surface area contributed by atoms with Crippen LogP contribution >= 0.6 is 0 Å². The van der Waals surface area contributed by atoms with Crippen LogP contribution in [0.2, 0.25) is 0 Å². The normalized spacial score (nSPS) is 38.6. The summed E-state index contributed by atoms with van der Waals surface area (Å²) in [5.74, 6) is -0.0886. The number of nitrogens with zero attached hydrogens (tertiary/aromatic N) is 1. The Hall–Kier alpha value is -1.17. The minimum atomic E-state index is -1.51. The number of aliphatic hydroxyl groups excluding tert-OH is 4. The first-order valence-electron chi connectivity index (χ1n) is 5.08. The minimum absolute atomic E-state index is 0.0886. The zero-order chi connectivity index (χ0) is 13.0. The summed E-state index contributed by atoms with van der Waals surface area (Å²) in [6, 6.07) is 1.72. The summed E-state index contributed by atoms with van der Waals surface area (Å²) in [7, 11) is 0. The Morgan fingerprint density at radius 2 is 2.00 bits per heavy atom. The van der Waals surface area contributed by atoms with Gasteiger partial charge in [0.1, 0.15) is 30.5 Å². The summed E-state index contributed by atoms with van der Waals surface area (Å²) in [6.07, 6.45) is -5.45. The lowest BCUT2D eigenvalue weighted by Crippen LogP contribution is -2.59. The summed E-state index contributed by atoms with van der Waals surface area (Å²) < 4.78 is 10.0. The first-order valence-corrected chi connectivity index (χ1v) is 5.08. The number of allylic oxidation sites excluding steroid dienone is 2. The Balaban J connectivity index is 2.76. The third-order valence-electron chi connectivity index (χ3n) is 2.46. The van der Waals surface area contributed by atoms with Gasteiger partial charge in [-0.15, -0.1) is 0 Å². The molecule has 0 amide bonds. The highest BCUT2D eigenvalue weighted by Gasteiger charge is 2.44. The molecule has 0 radical (unpaired) electrons. The summed E-state index contributed by atoms with van der Waals surface area (Å²) in [4.78, 5) is 0. The molecule has 1 saturated heterocycles. The van der Waals surface area contributed by atoms with E-state index in [4.69, 9.17) is 19.8 Å². The highest BCUT2D eigenvalue weighted by molar-refractivity contribution is 5.12. The largest absolute Gasteiger partial charge is 0.452 e. The van der Waals surface area contributed by atoms with Crippen molar-refractivity contribution in [1.29, 1.82) is 5.26 Å². The Bertz CT molecular complexity index is 323. The second kappa shape index (κ2) is 5.95. The molecule has 0 aliphatic carbocycles. The van der Waals surface area contributed by atoms with E-state index in [-0.39, 0.29) is 5.76 Å². The van der Waals surface area contributed by atoms with Crippen LogP contribution < -0.4 is 0 Å². The van der Waals surface area contributed by atoms with Gasteiger partial charge in [0, 0.05) is 0 Å². The van der Waals surface area contributed by atoms with Crippen LogP contribution in [0.5, 0.6) is 0 Å². The molecule has 4 N–H and O–H groups in total. The van der Waals surface area contributed by atoms with E-state index >= 15 is 0 Å². The number of aliphatic hydroxyl groups is 4. The van der Waals surface area contributed by atoms with Crippen LogP contribution in [0.1, 0.15) is 6.92 Å². The van der Waals surface area contributed by atoms with E-state index in [0.29, 0.717) is 0 Å². The van der Waals surface area contributed by atoms with Gasteiger partial charge in [0.25, 0.3) is 0 Å². The molecule has 0 aromatic heterocycles. The van der Waals surface area contributed by atoms with E-state index < -0.39 is 37.3 Å². The maximum Gasteiger partial charge on any atom is 0.230 e. The molecule has 0 aromatic rings. The van der Waals surface area contributed by atoms with Gasteiger partial charge in [0.15, 0.2) is 5.76 Å². The number of hydrogen-bond acceptors (Lipinski definition) is 7. The van der Waals surface area contributed by atoms with E-state index in [1.165, 1.54) is 6.08 Å². The molecular formula is C10H15NO6. The highest BCUT2D eigenvalue weighted by Crippen LogP contribution is 2.23. The van der Waals surface area contributed by atoms with Crippen molar-refractivity contribution in [3.63, 3.8) is 0 Å². The fourth-order valence-electron chi connectivity index (χ4n) is 1.45. The molecule has 7 nitrogen and oxygen atoms in total. The molecule has 1 heterocycles. The fraction of sp³-hybridized carbons (Fsp3) is 0.700. The summed E-state index contributed by atoms with van der Waals surface area (Å²) in [5.41, 5.74) is 0. The average Bonchev–Trinajstić information content (AvgIpc) is 2.35. The van der Waals surface area contributed by atoms with Gasteiger partial charge in [-0.3, -0.25) is 0 Å². The predicted octanol–water partition coefficient (Wildman–Crippen LogP) is -1.77. The second-order valence-corrected chi connectivity index (χ2v) is 3.58. The molecule has 0 unspecified atom stereocenters. The van der Waals surface area contributed by atoms with Gasteiger partial charge in [0.2, 0.25) is 6.29 Å². The number of rotatable bonds is 3. The molecule has 0 bridgehead atoms. The Labute approximate surface area is 98.1 Å². The first kappa shape index (κ1) is 13.9. The molecule has 17 heavy (non-hydrogen) atoms. The highest BCUT2D eigenvalue weighted by atomic mass is 16.7. The molecule has 96 valence electrons. The Morgan fingerprint density at radius 3 is 2.47 bits per heavy atom. The lowest BCUT2D eigenvalue weighted by molar-refractivity contribution is -0.290. The van der Waals surface area contributed by atoms with Gasteiger partial charge in [-0.1, -0.05) is 0 Å². The molecule has 1 aliphatic heterocycles. The zero-order valence-corrected chi connectivity index (χ0v) is 9.22. The van der Waals surface area contributed by atoms with Crippen molar-refractivity contribution < 1.29 is 29.9 Å². The van der Waals surface area contributed by atoms with Crippen molar-refractivity contribution in [3.05, 3.63) is 11.8 Å². The minimum Gasteiger partial charge on any atom is -0.452 e. The van der Waals surface area contributed by atoms with Gasteiger partial charge in [-0.2, -0.15) is 5.26 Å². The smallest absolute Gasteiger partial charge is 0.230 e. The van der Waals surface area contributed by atoms with Crippen molar-refractivity contribution in [2.75, 3.05) is 6.61 Å². The van der Waals surface area contributed by atoms with Crippen LogP contribution in [-0.2, 0) is 9.47 Å². The van der Waals surface area contributed by atoms with E-state index in [1.807, 2.05) is 0 Å². The van der Waals surface area contributed by atoms with Crippen LogP contribution in [0.25, 0.3) is 0 Å². The summed E-state index contributed by atoms with van der Waals surface area (Å²) in [6.45, 7) is 1.02. The third kappa shape index (κ3) is 2.94. The number of hydrogen-bond donors (Lipinski definition) is 4. The van der Waals surface area contributed by atoms with Crippen molar-refractivity contribution in [2.45, 2.75) is 37.6 Å². The maximum atomic E-state index is 9.58. The molecule has 0 spiro atoms. The lowest BCUT2D eigenvalue weighted by Gasteiger charge is -2.39. The molecule has 0 saturated carbocycles. The first-order chi connectivity index (χ1) is 8.04. The third-order valence-corrected chi connectivity index (χ3v) is 2.46. The molecule has 1 fully saturated rings. The van der Waals surface area contributed by atoms with Crippen LogP contribution in [0.3, 0.4) is 0 Å². The SMILES string of the molecule is C/C=C(/C#N)O[C@@H]1O[C@H](CO)[C@@H](O)[C@H](O)[C@H]1O. The van der Waals surface area contributed by atoms with E-state index in [0.717, 1.165) is 0 Å². The molecule has 1 rings (SSSR count). The Kier molecular flexibility index (Phi) is 4.86. The van der Waals surface area contributed by atoms with Gasteiger partial charge < -0.3 is 29.9 Å². The van der Waals surface area contributed by atoms with Crippen molar-refractivity contribution in [2.24, 2.45) is 0 Å². The topological polar surface area (TPSA) is 123 Å². The lowest BCUT2D eigenvalue weighted by atomic mass is 9.99. The fourth-order valence-corrected chi connectivity index (χ4v) is 1.45. The molecule has 1 aliphatic rings. The monoisotopic (exact) mass is 245 g/mol. The Morgan fingerprint density at radius 1 is 1.35 bits per heavy atom. The van der Waals surface area contributed by atoms with Crippen LogP contribution in [0.15, 0.2) is 11.8 Å². The van der Waals surface area contributed by atoms with Crippen LogP contribution in [-0.4, -0.2) is 57.7 Å². The van der Waals surface area contributed by atoms with Gasteiger partial charge in [0.05, 0.1) is 6.61 Å².